The monoisotopic (exact) mass is 460 g/mol. The van der Waals surface area contributed by atoms with Crippen molar-refractivity contribution in [2.75, 3.05) is 0 Å². The van der Waals surface area contributed by atoms with Gasteiger partial charge in [-0.2, -0.15) is 10.5 Å². The third-order valence-corrected chi connectivity index (χ3v) is 6.68. The Balaban J connectivity index is 1.57. The molecule has 7 rings (SSSR count). The number of rotatable bonds is 2. The van der Waals surface area contributed by atoms with Gasteiger partial charge in [-0.25, -0.2) is 0 Å². The molecule has 5 nitrogen and oxygen atoms in total. The number of nitrogens with zero attached hydrogens (tertiary/aromatic N) is 4. The first-order chi connectivity index (χ1) is 17.8. The molecule has 0 amide bonds. The molecule has 0 N–H and O–H groups in total. The average molecular weight is 460 g/mol. The molecule has 0 aliphatic heterocycles. The van der Waals surface area contributed by atoms with Crippen LogP contribution in [0.25, 0.3) is 60.7 Å². The van der Waals surface area contributed by atoms with Crippen LogP contribution in [0.1, 0.15) is 11.1 Å². The molecule has 0 aliphatic rings. The molecule has 0 radical (unpaired) electrons. The van der Waals surface area contributed by atoms with E-state index in [1.165, 1.54) is 10.8 Å². The summed E-state index contributed by atoms with van der Waals surface area (Å²) in [5, 5.41) is 22.2. The van der Waals surface area contributed by atoms with Crippen molar-refractivity contribution in [3.63, 3.8) is 0 Å². The molecule has 0 atom stereocenters. The number of aromatic nitrogens is 2. The van der Waals surface area contributed by atoms with Crippen molar-refractivity contribution in [1.82, 2.24) is 9.55 Å². The minimum Gasteiger partial charge on any atom is -0.451 e. The number of nitriles is 2. The van der Waals surface area contributed by atoms with Crippen LogP contribution in [0.4, 0.5) is 0 Å². The van der Waals surface area contributed by atoms with Crippen molar-refractivity contribution >= 4 is 43.9 Å². The summed E-state index contributed by atoms with van der Waals surface area (Å²) in [7, 11) is 0. The highest BCUT2D eigenvalue weighted by Crippen LogP contribution is 2.40. The summed E-state index contributed by atoms with van der Waals surface area (Å²) in [6.07, 6.45) is 1.81. The first-order valence-electron chi connectivity index (χ1n) is 11.5. The number of benzene rings is 4. The Kier molecular flexibility index (Phi) is 4.21. The number of pyridine rings is 1. The molecule has 0 unspecified atom stereocenters. The van der Waals surface area contributed by atoms with Gasteiger partial charge in [0.15, 0.2) is 5.58 Å². The van der Waals surface area contributed by atoms with E-state index < -0.39 is 0 Å². The second-order valence-corrected chi connectivity index (χ2v) is 8.68. The first-order valence-corrected chi connectivity index (χ1v) is 11.5. The zero-order valence-corrected chi connectivity index (χ0v) is 18.9. The average Bonchev–Trinajstić information content (AvgIpc) is 3.49. The van der Waals surface area contributed by atoms with Crippen molar-refractivity contribution in [3.05, 3.63) is 108 Å². The van der Waals surface area contributed by atoms with Gasteiger partial charge in [-0.3, -0.25) is 4.98 Å². The van der Waals surface area contributed by atoms with Gasteiger partial charge in [-0.1, -0.05) is 48.5 Å². The van der Waals surface area contributed by atoms with Crippen molar-refractivity contribution in [2.24, 2.45) is 0 Å². The highest BCUT2D eigenvalue weighted by Gasteiger charge is 2.20. The Bertz CT molecular complexity index is 2000. The van der Waals surface area contributed by atoms with E-state index in [2.05, 4.69) is 53.1 Å². The second-order valence-electron chi connectivity index (χ2n) is 8.68. The fourth-order valence-electron chi connectivity index (χ4n) is 5.16. The quantitative estimate of drug-likeness (QED) is 0.268. The molecule has 0 aliphatic carbocycles. The summed E-state index contributed by atoms with van der Waals surface area (Å²) >= 11 is 0. The molecule has 0 bridgehead atoms. The first kappa shape index (κ1) is 20.0. The van der Waals surface area contributed by atoms with E-state index in [1.807, 2.05) is 42.6 Å². The van der Waals surface area contributed by atoms with Gasteiger partial charge in [0.25, 0.3) is 0 Å². The van der Waals surface area contributed by atoms with Crippen LogP contribution in [0.15, 0.2) is 102 Å². The van der Waals surface area contributed by atoms with Crippen molar-refractivity contribution in [3.8, 4) is 29.0 Å². The fraction of sp³-hybridized carbons (Fsp3) is 0. The summed E-state index contributed by atoms with van der Waals surface area (Å²) in [6, 6.07) is 34.0. The Morgan fingerprint density at radius 1 is 0.667 bits per heavy atom. The van der Waals surface area contributed by atoms with Crippen LogP contribution < -0.4 is 0 Å². The van der Waals surface area contributed by atoms with Gasteiger partial charge in [-0.15, -0.1) is 0 Å². The molecule has 3 heterocycles. The van der Waals surface area contributed by atoms with Gasteiger partial charge in [0, 0.05) is 27.9 Å². The van der Waals surface area contributed by atoms with E-state index in [4.69, 9.17) is 9.40 Å². The van der Waals surface area contributed by atoms with Crippen LogP contribution in [0.3, 0.4) is 0 Å². The highest BCUT2D eigenvalue weighted by atomic mass is 16.3. The lowest BCUT2D eigenvalue weighted by Crippen LogP contribution is -1.94. The lowest BCUT2D eigenvalue weighted by atomic mass is 9.99. The van der Waals surface area contributed by atoms with Crippen LogP contribution in [0.2, 0.25) is 0 Å². The van der Waals surface area contributed by atoms with E-state index in [0.29, 0.717) is 22.3 Å². The van der Waals surface area contributed by atoms with E-state index in [9.17, 15) is 10.5 Å². The summed E-state index contributed by atoms with van der Waals surface area (Å²) in [4.78, 5) is 4.69. The zero-order valence-electron chi connectivity index (χ0n) is 18.9. The van der Waals surface area contributed by atoms with Crippen LogP contribution in [0, 0.1) is 22.7 Å². The molecule has 0 saturated carbocycles. The molecule has 3 aromatic heterocycles. The maximum absolute atomic E-state index is 9.48. The molecule has 0 saturated heterocycles. The van der Waals surface area contributed by atoms with Crippen LogP contribution in [-0.4, -0.2) is 9.55 Å². The number of hydrogen-bond donors (Lipinski definition) is 0. The standard InChI is InChI=1S/C31H16N4O/c32-17-19-14-20(18-33)16-21(15-19)22-8-5-9-25-29-31(36-30(22)25)28(12-13-34-29)35-26-10-3-1-6-23(26)24-7-2-4-11-27(24)35/h1-16H. The molecule has 166 valence electrons. The van der Waals surface area contributed by atoms with Crippen molar-refractivity contribution in [2.45, 2.75) is 0 Å². The number of hydrogen-bond acceptors (Lipinski definition) is 4. The number of furan rings is 1. The second kappa shape index (κ2) is 7.56. The topological polar surface area (TPSA) is 78.5 Å². The van der Waals surface area contributed by atoms with E-state index in [-0.39, 0.29) is 0 Å². The fourth-order valence-corrected chi connectivity index (χ4v) is 5.16. The lowest BCUT2D eigenvalue weighted by molar-refractivity contribution is 0.666. The largest absolute Gasteiger partial charge is 0.451 e. The molecule has 0 spiro atoms. The van der Waals surface area contributed by atoms with Crippen LogP contribution in [-0.2, 0) is 0 Å². The SMILES string of the molecule is N#Cc1cc(C#N)cc(-c2cccc3c2oc2c(-n4c5ccccc5c5ccccc54)ccnc23)c1. The van der Waals surface area contributed by atoms with Gasteiger partial charge < -0.3 is 8.98 Å². The molecule has 4 aromatic carbocycles. The Morgan fingerprint density at radius 2 is 1.31 bits per heavy atom. The lowest BCUT2D eigenvalue weighted by Gasteiger charge is -2.08. The maximum atomic E-state index is 9.48. The third kappa shape index (κ3) is 2.78. The van der Waals surface area contributed by atoms with E-state index in [1.54, 1.807) is 18.2 Å². The van der Waals surface area contributed by atoms with E-state index >= 15 is 0 Å². The van der Waals surface area contributed by atoms with Gasteiger partial charge >= 0.3 is 0 Å². The molecular weight excluding hydrogens is 444 g/mol. The smallest absolute Gasteiger partial charge is 0.177 e. The summed E-state index contributed by atoms with van der Waals surface area (Å²) < 4.78 is 8.81. The van der Waals surface area contributed by atoms with E-state index in [0.717, 1.165) is 38.8 Å². The summed E-state index contributed by atoms with van der Waals surface area (Å²) in [5.74, 6) is 0. The van der Waals surface area contributed by atoms with Crippen LogP contribution >= 0.6 is 0 Å². The number of para-hydroxylation sites is 3. The highest BCUT2D eigenvalue weighted by molar-refractivity contribution is 6.13. The Hall–Kier alpha value is -5.39. The van der Waals surface area contributed by atoms with Gasteiger partial charge in [0.05, 0.1) is 40.0 Å². The zero-order chi connectivity index (χ0) is 24.2. The predicted octanol–water partition coefficient (Wildman–Crippen LogP) is 7.49. The minimum atomic E-state index is 0.432. The van der Waals surface area contributed by atoms with Crippen molar-refractivity contribution in [1.29, 1.82) is 10.5 Å². The summed E-state index contributed by atoms with van der Waals surface area (Å²) in [6.45, 7) is 0. The Morgan fingerprint density at radius 3 is 1.97 bits per heavy atom. The normalized spacial score (nSPS) is 11.3. The van der Waals surface area contributed by atoms with Gasteiger partial charge in [0.1, 0.15) is 11.1 Å². The molecule has 36 heavy (non-hydrogen) atoms. The minimum absolute atomic E-state index is 0.432. The Labute approximate surface area is 205 Å². The third-order valence-electron chi connectivity index (χ3n) is 6.68. The molecule has 5 heteroatoms. The molecule has 0 fully saturated rings. The summed E-state index contributed by atoms with van der Waals surface area (Å²) in [5.41, 5.74) is 7.64. The predicted molar refractivity (Wildman–Crippen MR) is 141 cm³/mol. The molecular formula is C31H16N4O. The van der Waals surface area contributed by atoms with Gasteiger partial charge in [-0.05, 0) is 48.0 Å². The number of fused-ring (bicyclic) bond motifs is 6. The van der Waals surface area contributed by atoms with Crippen molar-refractivity contribution < 1.29 is 4.42 Å². The van der Waals surface area contributed by atoms with Gasteiger partial charge in [0.2, 0.25) is 0 Å². The molecule has 7 aromatic rings. The van der Waals surface area contributed by atoms with Crippen LogP contribution in [0.5, 0.6) is 0 Å². The maximum Gasteiger partial charge on any atom is 0.177 e.